The molecule has 0 aromatic heterocycles. The maximum absolute atomic E-state index is 14.4. The van der Waals surface area contributed by atoms with Crippen molar-refractivity contribution in [1.29, 1.82) is 0 Å². The molecule has 0 spiro atoms. The Morgan fingerprint density at radius 3 is 1.71 bits per heavy atom. The summed E-state index contributed by atoms with van der Waals surface area (Å²) in [5.74, 6) is 0. The van der Waals surface area contributed by atoms with E-state index in [9.17, 15) is 26.3 Å². The summed E-state index contributed by atoms with van der Waals surface area (Å²) in [5, 5.41) is 0. The van der Waals surface area contributed by atoms with Crippen molar-refractivity contribution in [3.63, 3.8) is 0 Å². The van der Waals surface area contributed by atoms with Gasteiger partial charge in [-0.1, -0.05) is 30.3 Å². The minimum atomic E-state index is -4.86. The van der Waals surface area contributed by atoms with Gasteiger partial charge in [0.15, 0.2) is 0 Å². The molecule has 1 aliphatic carbocycles. The van der Waals surface area contributed by atoms with E-state index in [4.69, 9.17) is 11.5 Å². The molecule has 0 radical (unpaired) electrons. The third kappa shape index (κ3) is 3.34. The quantitative estimate of drug-likeness (QED) is 0.509. The molecule has 28 heavy (non-hydrogen) atoms. The number of anilines is 2. The second-order valence-electron chi connectivity index (χ2n) is 6.57. The van der Waals surface area contributed by atoms with Crippen LogP contribution in [0.25, 0.3) is 5.57 Å². The second kappa shape index (κ2) is 6.61. The Labute approximate surface area is 157 Å². The van der Waals surface area contributed by atoms with Crippen molar-refractivity contribution in [2.24, 2.45) is 0 Å². The Balaban J connectivity index is 2.31. The first kappa shape index (κ1) is 19.9. The second-order valence-corrected chi connectivity index (χ2v) is 6.57. The lowest BCUT2D eigenvalue weighted by Crippen LogP contribution is -2.44. The van der Waals surface area contributed by atoms with Gasteiger partial charge in [-0.3, -0.25) is 0 Å². The molecule has 2 nitrogen and oxygen atoms in total. The van der Waals surface area contributed by atoms with Crippen LogP contribution in [-0.2, 0) is 5.41 Å². The average Bonchev–Trinajstić information content (AvgIpc) is 2.61. The van der Waals surface area contributed by atoms with Gasteiger partial charge in [0.1, 0.15) is 5.41 Å². The molecule has 1 atom stereocenters. The number of nitrogen functional groups attached to an aromatic ring is 2. The van der Waals surface area contributed by atoms with Crippen LogP contribution in [0.4, 0.5) is 37.7 Å². The Hall–Kier alpha value is -2.90. The first-order valence-corrected chi connectivity index (χ1v) is 8.23. The summed E-state index contributed by atoms with van der Waals surface area (Å²) in [6, 6.07) is 10.3. The number of nitrogens with two attached hydrogens (primary N) is 2. The average molecular weight is 398 g/mol. The topological polar surface area (TPSA) is 52.0 Å². The molecular weight excluding hydrogens is 382 g/mol. The lowest BCUT2D eigenvalue weighted by atomic mass is 9.66. The van der Waals surface area contributed by atoms with Crippen molar-refractivity contribution >= 4 is 16.9 Å². The fraction of sp³-hybridized carbons (Fsp3) is 0.200. The van der Waals surface area contributed by atoms with Gasteiger partial charge in [-0.05, 0) is 53.5 Å². The van der Waals surface area contributed by atoms with E-state index in [2.05, 4.69) is 0 Å². The Morgan fingerprint density at radius 2 is 1.25 bits per heavy atom. The SMILES string of the molecule is Nc1ccc(C2=CC(C(F)(F)F)=CCC2(c2ccc(N)cc2)C(F)(F)F)cc1. The molecule has 0 bridgehead atoms. The summed E-state index contributed by atoms with van der Waals surface area (Å²) < 4.78 is 83.0. The van der Waals surface area contributed by atoms with Gasteiger partial charge in [0.25, 0.3) is 0 Å². The number of alkyl halides is 6. The van der Waals surface area contributed by atoms with Gasteiger partial charge in [-0.15, -0.1) is 0 Å². The van der Waals surface area contributed by atoms with Crippen LogP contribution in [0, 0.1) is 0 Å². The van der Waals surface area contributed by atoms with Crippen molar-refractivity contribution in [2.75, 3.05) is 11.5 Å². The van der Waals surface area contributed by atoms with E-state index < -0.39 is 35.3 Å². The van der Waals surface area contributed by atoms with Gasteiger partial charge in [-0.25, -0.2) is 0 Å². The van der Waals surface area contributed by atoms with Crippen LogP contribution in [-0.4, -0.2) is 12.4 Å². The first-order chi connectivity index (χ1) is 12.9. The van der Waals surface area contributed by atoms with Crippen molar-refractivity contribution in [3.8, 4) is 0 Å². The fourth-order valence-corrected chi connectivity index (χ4v) is 3.37. The van der Waals surface area contributed by atoms with Crippen molar-refractivity contribution in [3.05, 3.63) is 77.4 Å². The highest BCUT2D eigenvalue weighted by atomic mass is 19.4. The van der Waals surface area contributed by atoms with Crippen molar-refractivity contribution < 1.29 is 26.3 Å². The number of halogens is 6. The minimum Gasteiger partial charge on any atom is -0.399 e. The van der Waals surface area contributed by atoms with E-state index in [1.165, 1.54) is 48.5 Å². The lowest BCUT2D eigenvalue weighted by Gasteiger charge is -2.40. The van der Waals surface area contributed by atoms with Crippen LogP contribution >= 0.6 is 0 Å². The van der Waals surface area contributed by atoms with Gasteiger partial charge < -0.3 is 11.5 Å². The minimum absolute atomic E-state index is 0.0122. The van der Waals surface area contributed by atoms with Crippen LogP contribution < -0.4 is 11.5 Å². The third-order valence-electron chi connectivity index (χ3n) is 4.82. The highest BCUT2D eigenvalue weighted by Gasteiger charge is 2.59. The van der Waals surface area contributed by atoms with Crippen LogP contribution in [0.1, 0.15) is 17.5 Å². The molecule has 4 N–H and O–H groups in total. The molecule has 2 aromatic rings. The van der Waals surface area contributed by atoms with E-state index in [-0.39, 0.29) is 22.5 Å². The normalized spacial score (nSPS) is 20.5. The molecule has 1 unspecified atom stereocenters. The van der Waals surface area contributed by atoms with E-state index in [1.807, 2.05) is 0 Å². The molecule has 0 saturated heterocycles. The van der Waals surface area contributed by atoms with Crippen LogP contribution in [0.2, 0.25) is 0 Å². The van der Waals surface area contributed by atoms with Crippen molar-refractivity contribution in [2.45, 2.75) is 24.2 Å². The lowest BCUT2D eigenvalue weighted by molar-refractivity contribution is -0.172. The number of allylic oxidation sites excluding steroid dienone is 4. The fourth-order valence-electron chi connectivity index (χ4n) is 3.37. The highest BCUT2D eigenvalue weighted by Crippen LogP contribution is 2.56. The van der Waals surface area contributed by atoms with E-state index >= 15 is 0 Å². The molecule has 148 valence electrons. The predicted octanol–water partition coefficient (Wildman–Crippen LogP) is 5.63. The monoisotopic (exact) mass is 398 g/mol. The van der Waals surface area contributed by atoms with E-state index in [0.717, 1.165) is 0 Å². The Bertz CT molecular complexity index is 921. The van der Waals surface area contributed by atoms with Gasteiger partial charge in [0, 0.05) is 11.4 Å². The smallest absolute Gasteiger partial charge is 0.399 e. The summed E-state index contributed by atoms with van der Waals surface area (Å²) >= 11 is 0. The molecule has 0 saturated carbocycles. The summed E-state index contributed by atoms with van der Waals surface area (Å²) in [6.45, 7) is 0. The molecule has 0 amide bonds. The number of rotatable bonds is 2. The van der Waals surface area contributed by atoms with Crippen molar-refractivity contribution in [1.82, 2.24) is 0 Å². The van der Waals surface area contributed by atoms with Gasteiger partial charge in [0.05, 0.1) is 5.57 Å². The molecule has 0 heterocycles. The summed E-state index contributed by atoms with van der Waals surface area (Å²) in [7, 11) is 0. The molecular formula is C20H16F6N2. The maximum atomic E-state index is 14.4. The standard InChI is InChI=1S/C20H16F6N2/c21-19(22,23)14-9-10-18(20(24,25)26,13-3-7-16(28)8-4-13)17(11-14)12-1-5-15(27)6-2-12/h1-9,11H,10,27-28H2. The first-order valence-electron chi connectivity index (χ1n) is 8.23. The summed E-state index contributed by atoms with van der Waals surface area (Å²) in [5.41, 5.74) is 7.28. The zero-order valence-electron chi connectivity index (χ0n) is 14.4. The van der Waals surface area contributed by atoms with Crippen LogP contribution in [0.5, 0.6) is 0 Å². The summed E-state index contributed by atoms with van der Waals surface area (Å²) in [6.07, 6.45) is -9.35. The number of hydrogen-bond acceptors (Lipinski definition) is 2. The van der Waals surface area contributed by atoms with E-state index in [0.29, 0.717) is 12.2 Å². The maximum Gasteiger partial charge on any atom is 0.416 e. The molecule has 0 aliphatic heterocycles. The molecule has 0 fully saturated rings. The molecule has 3 rings (SSSR count). The number of hydrogen-bond donors (Lipinski definition) is 2. The summed E-state index contributed by atoms with van der Waals surface area (Å²) in [4.78, 5) is 0. The van der Waals surface area contributed by atoms with Gasteiger partial charge in [0.2, 0.25) is 0 Å². The molecule has 8 heteroatoms. The van der Waals surface area contributed by atoms with Gasteiger partial charge >= 0.3 is 12.4 Å². The van der Waals surface area contributed by atoms with Crippen LogP contribution in [0.3, 0.4) is 0 Å². The highest BCUT2D eigenvalue weighted by molar-refractivity contribution is 5.81. The zero-order chi connectivity index (χ0) is 20.7. The largest absolute Gasteiger partial charge is 0.416 e. The van der Waals surface area contributed by atoms with Gasteiger partial charge in [-0.2, -0.15) is 26.3 Å². The Kier molecular flexibility index (Phi) is 4.69. The number of benzene rings is 2. The predicted molar refractivity (Wildman–Crippen MR) is 96.2 cm³/mol. The zero-order valence-corrected chi connectivity index (χ0v) is 14.4. The van der Waals surface area contributed by atoms with Crippen LogP contribution in [0.15, 0.2) is 66.3 Å². The molecule has 2 aromatic carbocycles. The Morgan fingerprint density at radius 1 is 0.750 bits per heavy atom. The third-order valence-corrected chi connectivity index (χ3v) is 4.82. The van der Waals surface area contributed by atoms with E-state index in [1.54, 1.807) is 0 Å². The molecule has 1 aliphatic rings.